The van der Waals surface area contributed by atoms with E-state index in [9.17, 15) is 4.79 Å². The molecule has 1 amide bonds. The molecule has 0 bridgehead atoms. The lowest BCUT2D eigenvalue weighted by atomic mass is 10.3. The molecule has 0 aliphatic carbocycles. The summed E-state index contributed by atoms with van der Waals surface area (Å²) in [5, 5.41) is 0. The highest BCUT2D eigenvalue weighted by atomic mass is 16.2. The Bertz CT molecular complexity index is 331. The van der Waals surface area contributed by atoms with Gasteiger partial charge in [0, 0.05) is 39.3 Å². The fraction of sp³-hybridized carbons (Fsp3) is 0.364. The molecule has 1 aliphatic rings. The third kappa shape index (κ3) is 2.26. The summed E-state index contributed by atoms with van der Waals surface area (Å²) in [6.45, 7) is 6.55. The molecule has 4 nitrogen and oxygen atoms in total. The van der Waals surface area contributed by atoms with E-state index in [0.29, 0.717) is 0 Å². The fourth-order valence-corrected chi connectivity index (χ4v) is 1.73. The van der Waals surface area contributed by atoms with Gasteiger partial charge in [0.2, 0.25) is 5.91 Å². The molecule has 2 heterocycles. The van der Waals surface area contributed by atoms with Crippen LogP contribution in [-0.2, 0) is 4.79 Å². The molecule has 1 aromatic rings. The first kappa shape index (κ1) is 9.96. The van der Waals surface area contributed by atoms with Crippen LogP contribution in [0.5, 0.6) is 0 Å². The molecule has 1 radical (unpaired) electrons. The van der Waals surface area contributed by atoms with Gasteiger partial charge in [0.1, 0.15) is 5.82 Å². The molecule has 1 saturated heterocycles. The van der Waals surface area contributed by atoms with Crippen molar-refractivity contribution in [1.82, 2.24) is 9.88 Å². The minimum Gasteiger partial charge on any atom is -0.353 e. The summed E-state index contributed by atoms with van der Waals surface area (Å²) in [6, 6.07) is 5.86. The number of piperazine rings is 1. The molecule has 79 valence electrons. The number of hydrogen-bond acceptors (Lipinski definition) is 3. The van der Waals surface area contributed by atoms with Gasteiger partial charge in [0.15, 0.2) is 0 Å². The lowest BCUT2D eigenvalue weighted by Crippen LogP contribution is -2.48. The SMILES string of the molecule is [CH2]C(=O)N1CCN(c2ccccn2)CC1. The van der Waals surface area contributed by atoms with Crippen LogP contribution in [0.3, 0.4) is 0 Å². The van der Waals surface area contributed by atoms with Crippen LogP contribution in [0.1, 0.15) is 0 Å². The van der Waals surface area contributed by atoms with Crippen molar-refractivity contribution in [2.45, 2.75) is 0 Å². The van der Waals surface area contributed by atoms with Crippen LogP contribution in [0.4, 0.5) is 5.82 Å². The number of aromatic nitrogens is 1. The van der Waals surface area contributed by atoms with Gasteiger partial charge in [-0.3, -0.25) is 4.79 Å². The summed E-state index contributed by atoms with van der Waals surface area (Å²) >= 11 is 0. The molecule has 15 heavy (non-hydrogen) atoms. The molecule has 1 fully saturated rings. The molecule has 0 unspecified atom stereocenters. The lowest BCUT2D eigenvalue weighted by molar-refractivity contribution is -0.126. The molecule has 4 heteroatoms. The minimum absolute atomic E-state index is 0.0873. The van der Waals surface area contributed by atoms with Crippen LogP contribution < -0.4 is 4.90 Å². The van der Waals surface area contributed by atoms with Gasteiger partial charge in [0.05, 0.1) is 0 Å². The van der Waals surface area contributed by atoms with Gasteiger partial charge in [0.25, 0.3) is 0 Å². The summed E-state index contributed by atoms with van der Waals surface area (Å²) in [4.78, 5) is 19.2. The number of nitrogens with zero attached hydrogens (tertiary/aromatic N) is 3. The van der Waals surface area contributed by atoms with E-state index in [1.54, 1.807) is 11.1 Å². The van der Waals surface area contributed by atoms with Crippen molar-refractivity contribution in [2.24, 2.45) is 0 Å². The number of pyridine rings is 1. The second-order valence-corrected chi connectivity index (χ2v) is 3.56. The normalized spacial score (nSPS) is 16.6. The Hall–Kier alpha value is -1.58. The minimum atomic E-state index is -0.0873. The van der Waals surface area contributed by atoms with Crippen LogP contribution in [0, 0.1) is 6.92 Å². The van der Waals surface area contributed by atoms with E-state index >= 15 is 0 Å². The number of carbonyl (C=O) groups excluding carboxylic acids is 1. The molecule has 1 aromatic heterocycles. The zero-order valence-corrected chi connectivity index (χ0v) is 8.59. The average molecular weight is 204 g/mol. The molecule has 2 rings (SSSR count). The summed E-state index contributed by atoms with van der Waals surface area (Å²) in [5.74, 6) is 0.893. The summed E-state index contributed by atoms with van der Waals surface area (Å²) < 4.78 is 0. The van der Waals surface area contributed by atoms with Gasteiger partial charge >= 0.3 is 0 Å². The second kappa shape index (κ2) is 4.29. The van der Waals surface area contributed by atoms with Crippen molar-refractivity contribution in [1.29, 1.82) is 0 Å². The maximum atomic E-state index is 11.0. The molecular weight excluding hydrogens is 190 g/mol. The third-order valence-corrected chi connectivity index (χ3v) is 2.61. The van der Waals surface area contributed by atoms with Crippen molar-refractivity contribution in [3.8, 4) is 0 Å². The average Bonchev–Trinajstić information content (AvgIpc) is 2.30. The van der Waals surface area contributed by atoms with E-state index in [2.05, 4.69) is 16.8 Å². The first-order valence-electron chi connectivity index (χ1n) is 5.04. The Kier molecular flexibility index (Phi) is 2.85. The Morgan fingerprint density at radius 2 is 2.00 bits per heavy atom. The Balaban J connectivity index is 1.97. The molecule has 0 spiro atoms. The Labute approximate surface area is 89.5 Å². The molecule has 1 aliphatic heterocycles. The van der Waals surface area contributed by atoms with Crippen LogP contribution in [-0.4, -0.2) is 42.0 Å². The van der Waals surface area contributed by atoms with Crippen molar-refractivity contribution in [3.63, 3.8) is 0 Å². The van der Waals surface area contributed by atoms with Crippen molar-refractivity contribution < 1.29 is 4.79 Å². The molecule has 0 saturated carbocycles. The van der Waals surface area contributed by atoms with Gasteiger partial charge in [-0.05, 0) is 12.1 Å². The first-order valence-corrected chi connectivity index (χ1v) is 5.04. The highest BCUT2D eigenvalue weighted by Crippen LogP contribution is 2.12. The topological polar surface area (TPSA) is 36.4 Å². The lowest BCUT2D eigenvalue weighted by Gasteiger charge is -2.34. The fourth-order valence-electron chi connectivity index (χ4n) is 1.73. The summed E-state index contributed by atoms with van der Waals surface area (Å²) in [7, 11) is 0. The van der Waals surface area contributed by atoms with Gasteiger partial charge in [-0.2, -0.15) is 0 Å². The van der Waals surface area contributed by atoms with Gasteiger partial charge in [-0.15, -0.1) is 0 Å². The van der Waals surface area contributed by atoms with E-state index < -0.39 is 0 Å². The van der Waals surface area contributed by atoms with Crippen LogP contribution in [0.15, 0.2) is 24.4 Å². The predicted octanol–water partition coefficient (Wildman–Crippen LogP) is 0.564. The number of rotatable bonds is 1. The van der Waals surface area contributed by atoms with Crippen molar-refractivity contribution in [3.05, 3.63) is 31.3 Å². The summed E-state index contributed by atoms with van der Waals surface area (Å²) in [6.07, 6.45) is 1.79. The molecule has 0 aromatic carbocycles. The summed E-state index contributed by atoms with van der Waals surface area (Å²) in [5.41, 5.74) is 0. The quantitative estimate of drug-likeness (QED) is 0.671. The number of amides is 1. The zero-order valence-electron chi connectivity index (χ0n) is 8.59. The largest absolute Gasteiger partial charge is 0.353 e. The van der Waals surface area contributed by atoms with Crippen LogP contribution >= 0.6 is 0 Å². The number of hydrogen-bond donors (Lipinski definition) is 0. The van der Waals surface area contributed by atoms with E-state index in [0.717, 1.165) is 32.0 Å². The highest BCUT2D eigenvalue weighted by Gasteiger charge is 2.18. The number of carbonyl (C=O) groups is 1. The Morgan fingerprint density at radius 3 is 2.53 bits per heavy atom. The predicted molar refractivity (Wildman–Crippen MR) is 58.4 cm³/mol. The van der Waals surface area contributed by atoms with Crippen molar-refractivity contribution >= 4 is 11.7 Å². The van der Waals surface area contributed by atoms with E-state index in [4.69, 9.17) is 0 Å². The highest BCUT2D eigenvalue weighted by molar-refractivity contribution is 5.80. The smallest absolute Gasteiger partial charge is 0.223 e. The third-order valence-electron chi connectivity index (χ3n) is 2.61. The monoisotopic (exact) mass is 204 g/mol. The van der Waals surface area contributed by atoms with E-state index in [1.807, 2.05) is 18.2 Å². The van der Waals surface area contributed by atoms with E-state index in [1.165, 1.54) is 0 Å². The van der Waals surface area contributed by atoms with Crippen LogP contribution in [0.2, 0.25) is 0 Å². The van der Waals surface area contributed by atoms with Gasteiger partial charge < -0.3 is 9.80 Å². The van der Waals surface area contributed by atoms with Gasteiger partial charge in [-0.25, -0.2) is 4.98 Å². The Morgan fingerprint density at radius 1 is 1.27 bits per heavy atom. The maximum Gasteiger partial charge on any atom is 0.223 e. The standard InChI is InChI=1S/C11H14N3O/c1-10(15)13-6-8-14(9-7-13)11-4-2-3-5-12-11/h2-5H,1,6-9H2. The van der Waals surface area contributed by atoms with E-state index in [-0.39, 0.29) is 5.91 Å². The maximum absolute atomic E-state index is 11.0. The number of anilines is 1. The zero-order chi connectivity index (χ0) is 10.7. The first-order chi connectivity index (χ1) is 7.27. The molecular formula is C11H14N3O. The molecule has 0 atom stereocenters. The van der Waals surface area contributed by atoms with Crippen LogP contribution in [0.25, 0.3) is 0 Å². The van der Waals surface area contributed by atoms with Crippen molar-refractivity contribution in [2.75, 3.05) is 31.1 Å². The second-order valence-electron chi connectivity index (χ2n) is 3.56. The molecule has 0 N–H and O–H groups in total. The van der Waals surface area contributed by atoms with Gasteiger partial charge in [-0.1, -0.05) is 6.07 Å².